The number of halogens is 1. The molecular formula is C17H20FN3O5. The van der Waals surface area contributed by atoms with Gasteiger partial charge in [-0.1, -0.05) is 17.3 Å². The van der Waals surface area contributed by atoms with Gasteiger partial charge in [0.05, 0.1) is 6.61 Å². The number of rotatable bonds is 8. The summed E-state index contributed by atoms with van der Waals surface area (Å²) in [5, 5.41) is 15.4. The molecule has 1 aromatic carbocycles. The van der Waals surface area contributed by atoms with E-state index in [1.54, 1.807) is 19.1 Å². The Hall–Kier alpha value is -2.81. The molecule has 140 valence electrons. The summed E-state index contributed by atoms with van der Waals surface area (Å²) in [6.07, 6.45) is 0.0757. The van der Waals surface area contributed by atoms with Crippen LogP contribution in [0.1, 0.15) is 24.8 Å². The van der Waals surface area contributed by atoms with Gasteiger partial charge in [0.1, 0.15) is 5.82 Å². The van der Waals surface area contributed by atoms with Crippen LogP contribution >= 0.6 is 0 Å². The maximum atomic E-state index is 13.6. The standard InChI is InChI=1S/C17H20FN3O5/c1-10-4-5-11(8-12(10)18)15-19-14(26-21-15)7-6-13(22)20-17(2,9-25-3)16(23)24/h4-5,8H,6-7,9H2,1-3H3,(H,20,22)(H,23,24). The number of hydrogen-bond acceptors (Lipinski definition) is 6. The number of hydrogen-bond donors (Lipinski definition) is 2. The lowest BCUT2D eigenvalue weighted by Crippen LogP contribution is -2.55. The van der Waals surface area contributed by atoms with E-state index in [9.17, 15) is 19.1 Å². The molecule has 0 saturated heterocycles. The average molecular weight is 365 g/mol. The zero-order chi connectivity index (χ0) is 19.3. The number of ether oxygens (including phenoxy) is 1. The quantitative estimate of drug-likeness (QED) is 0.732. The normalized spacial score (nSPS) is 13.2. The highest BCUT2D eigenvalue weighted by molar-refractivity contribution is 5.86. The van der Waals surface area contributed by atoms with Crippen LogP contribution in [0.5, 0.6) is 0 Å². The van der Waals surface area contributed by atoms with Crippen LogP contribution in [-0.4, -0.2) is 46.4 Å². The minimum absolute atomic E-state index is 0.0452. The summed E-state index contributed by atoms with van der Waals surface area (Å²) in [6, 6.07) is 4.58. The number of carboxylic acid groups (broad SMARTS) is 1. The van der Waals surface area contributed by atoms with E-state index in [4.69, 9.17) is 9.26 Å². The molecule has 1 aromatic heterocycles. The number of nitrogens with one attached hydrogen (secondary N) is 1. The third-order valence-electron chi connectivity index (χ3n) is 3.78. The van der Waals surface area contributed by atoms with E-state index in [1.807, 2.05) is 0 Å². The Morgan fingerprint density at radius 1 is 1.42 bits per heavy atom. The van der Waals surface area contributed by atoms with E-state index < -0.39 is 17.4 Å². The summed E-state index contributed by atoms with van der Waals surface area (Å²) < 4.78 is 23.5. The molecule has 26 heavy (non-hydrogen) atoms. The first kappa shape index (κ1) is 19.5. The Labute approximate surface area is 149 Å². The molecule has 0 aliphatic carbocycles. The molecule has 0 bridgehead atoms. The van der Waals surface area contributed by atoms with Crippen LogP contribution in [0.3, 0.4) is 0 Å². The molecular weight excluding hydrogens is 345 g/mol. The van der Waals surface area contributed by atoms with Crippen LogP contribution in [0.25, 0.3) is 11.4 Å². The van der Waals surface area contributed by atoms with E-state index in [0.717, 1.165) is 0 Å². The first-order chi connectivity index (χ1) is 12.2. The van der Waals surface area contributed by atoms with Gasteiger partial charge in [0, 0.05) is 25.5 Å². The minimum Gasteiger partial charge on any atom is -0.479 e. The number of benzene rings is 1. The molecule has 0 saturated carbocycles. The number of nitrogens with zero attached hydrogens (tertiary/aromatic N) is 2. The number of aryl methyl sites for hydroxylation is 2. The summed E-state index contributed by atoms with van der Waals surface area (Å²) in [5.74, 6) is -1.66. The summed E-state index contributed by atoms with van der Waals surface area (Å²) in [6.45, 7) is 2.83. The van der Waals surface area contributed by atoms with Crippen molar-refractivity contribution in [3.63, 3.8) is 0 Å². The van der Waals surface area contributed by atoms with Gasteiger partial charge in [0.2, 0.25) is 17.6 Å². The molecule has 2 rings (SSSR count). The number of carbonyl (C=O) groups excluding carboxylic acids is 1. The van der Waals surface area contributed by atoms with Crippen LogP contribution in [0, 0.1) is 12.7 Å². The maximum Gasteiger partial charge on any atom is 0.331 e. The third kappa shape index (κ3) is 4.63. The van der Waals surface area contributed by atoms with Crippen molar-refractivity contribution in [1.82, 2.24) is 15.5 Å². The van der Waals surface area contributed by atoms with E-state index in [0.29, 0.717) is 11.1 Å². The molecule has 0 spiro atoms. The summed E-state index contributed by atoms with van der Waals surface area (Å²) in [4.78, 5) is 27.4. The largest absolute Gasteiger partial charge is 0.479 e. The van der Waals surface area contributed by atoms with E-state index in [1.165, 1.54) is 20.1 Å². The van der Waals surface area contributed by atoms with Crippen LogP contribution < -0.4 is 5.32 Å². The first-order valence-corrected chi connectivity index (χ1v) is 7.87. The monoisotopic (exact) mass is 365 g/mol. The van der Waals surface area contributed by atoms with Crippen molar-refractivity contribution < 1.29 is 28.3 Å². The van der Waals surface area contributed by atoms with Crippen LogP contribution in [0.15, 0.2) is 22.7 Å². The van der Waals surface area contributed by atoms with Gasteiger partial charge in [-0.25, -0.2) is 9.18 Å². The fourth-order valence-corrected chi connectivity index (χ4v) is 2.24. The predicted octanol–water partition coefficient (Wildman–Crippen LogP) is 1.72. The molecule has 9 heteroatoms. The highest BCUT2D eigenvalue weighted by Crippen LogP contribution is 2.19. The van der Waals surface area contributed by atoms with Crippen molar-refractivity contribution >= 4 is 11.9 Å². The zero-order valence-corrected chi connectivity index (χ0v) is 14.7. The second-order valence-electron chi connectivity index (χ2n) is 6.09. The van der Waals surface area contributed by atoms with Crippen molar-refractivity contribution in [2.24, 2.45) is 0 Å². The SMILES string of the molecule is COCC(C)(NC(=O)CCc1nc(-c2ccc(C)c(F)c2)no1)C(=O)O. The molecule has 2 aromatic rings. The fourth-order valence-electron chi connectivity index (χ4n) is 2.24. The number of aromatic nitrogens is 2. The number of carboxylic acids is 1. The number of carbonyl (C=O) groups is 2. The van der Waals surface area contributed by atoms with Crippen LogP contribution in [0.4, 0.5) is 4.39 Å². The number of amides is 1. The van der Waals surface area contributed by atoms with Crippen molar-refractivity contribution in [3.05, 3.63) is 35.5 Å². The van der Waals surface area contributed by atoms with Gasteiger partial charge in [-0.3, -0.25) is 4.79 Å². The van der Waals surface area contributed by atoms with Gasteiger partial charge in [-0.15, -0.1) is 0 Å². The van der Waals surface area contributed by atoms with Crippen molar-refractivity contribution in [2.45, 2.75) is 32.2 Å². The molecule has 0 radical (unpaired) electrons. The lowest BCUT2D eigenvalue weighted by atomic mass is 10.0. The van der Waals surface area contributed by atoms with E-state index >= 15 is 0 Å². The summed E-state index contributed by atoms with van der Waals surface area (Å²) >= 11 is 0. The Morgan fingerprint density at radius 3 is 2.77 bits per heavy atom. The molecule has 2 N–H and O–H groups in total. The lowest BCUT2D eigenvalue weighted by molar-refractivity contribution is -0.149. The van der Waals surface area contributed by atoms with Crippen LogP contribution in [-0.2, 0) is 20.7 Å². The average Bonchev–Trinajstić information content (AvgIpc) is 3.04. The maximum absolute atomic E-state index is 13.6. The minimum atomic E-state index is -1.52. The van der Waals surface area contributed by atoms with E-state index in [2.05, 4.69) is 15.5 Å². The second kappa shape index (κ2) is 8.05. The topological polar surface area (TPSA) is 115 Å². The summed E-state index contributed by atoms with van der Waals surface area (Å²) in [5.41, 5.74) is -0.552. The summed E-state index contributed by atoms with van der Waals surface area (Å²) in [7, 11) is 1.35. The van der Waals surface area contributed by atoms with Crippen LogP contribution in [0.2, 0.25) is 0 Å². The van der Waals surface area contributed by atoms with Gasteiger partial charge in [-0.05, 0) is 25.5 Å². The lowest BCUT2D eigenvalue weighted by Gasteiger charge is -2.25. The molecule has 0 fully saturated rings. The Morgan fingerprint density at radius 2 is 2.15 bits per heavy atom. The Bertz CT molecular complexity index is 807. The fraction of sp³-hybridized carbons (Fsp3) is 0.412. The van der Waals surface area contributed by atoms with Gasteiger partial charge in [0.15, 0.2) is 5.54 Å². The van der Waals surface area contributed by atoms with Gasteiger partial charge >= 0.3 is 5.97 Å². The Kier molecular flexibility index (Phi) is 6.04. The molecule has 1 unspecified atom stereocenters. The molecule has 0 aliphatic heterocycles. The molecule has 1 atom stereocenters. The highest BCUT2D eigenvalue weighted by atomic mass is 19.1. The van der Waals surface area contributed by atoms with Crippen molar-refractivity contribution in [3.8, 4) is 11.4 Å². The van der Waals surface area contributed by atoms with Gasteiger partial charge in [0.25, 0.3) is 0 Å². The number of aliphatic carboxylic acids is 1. The van der Waals surface area contributed by atoms with Gasteiger partial charge in [-0.2, -0.15) is 4.98 Å². The Balaban J connectivity index is 1.98. The molecule has 1 amide bonds. The first-order valence-electron chi connectivity index (χ1n) is 7.87. The molecule has 1 heterocycles. The zero-order valence-electron chi connectivity index (χ0n) is 14.7. The predicted molar refractivity (Wildman–Crippen MR) is 88.8 cm³/mol. The highest BCUT2D eigenvalue weighted by Gasteiger charge is 2.34. The van der Waals surface area contributed by atoms with E-state index in [-0.39, 0.29) is 37.0 Å². The smallest absolute Gasteiger partial charge is 0.331 e. The third-order valence-corrected chi connectivity index (χ3v) is 3.78. The molecule has 8 nitrogen and oxygen atoms in total. The molecule has 0 aliphatic rings. The van der Waals surface area contributed by atoms with Gasteiger partial charge < -0.3 is 19.7 Å². The van der Waals surface area contributed by atoms with Crippen molar-refractivity contribution in [1.29, 1.82) is 0 Å². The van der Waals surface area contributed by atoms with Crippen molar-refractivity contribution in [2.75, 3.05) is 13.7 Å². The second-order valence-corrected chi connectivity index (χ2v) is 6.09. The number of methoxy groups -OCH3 is 1.